The lowest BCUT2D eigenvalue weighted by atomic mass is 9.81. The topological polar surface area (TPSA) is 52.5 Å². The van der Waals surface area contributed by atoms with Gasteiger partial charge in [-0.2, -0.15) is 10.4 Å². The average molecular weight is 265 g/mol. The van der Waals surface area contributed by atoms with Crippen molar-refractivity contribution in [2.75, 3.05) is 0 Å². The molecule has 0 atom stereocenters. The van der Waals surface area contributed by atoms with Crippen LogP contribution in [0, 0.1) is 17.2 Å². The Bertz CT molecular complexity index is 610. The number of aromatic amines is 1. The lowest BCUT2D eigenvalue weighted by molar-refractivity contribution is 0.344. The van der Waals surface area contributed by atoms with Crippen LogP contribution < -0.4 is 0 Å². The van der Waals surface area contributed by atoms with E-state index in [9.17, 15) is 0 Å². The molecule has 1 heterocycles. The molecule has 0 aliphatic heterocycles. The second kappa shape index (κ2) is 5.50. The Labute approximate surface area is 119 Å². The van der Waals surface area contributed by atoms with E-state index in [0.29, 0.717) is 11.5 Å². The number of nitrogens with zero attached hydrogens (tertiary/aromatic N) is 2. The Morgan fingerprint density at radius 1 is 1.15 bits per heavy atom. The largest absolute Gasteiger partial charge is 0.282 e. The molecule has 1 N–H and O–H groups in total. The molecule has 3 rings (SSSR count). The number of H-pyrrole nitrogens is 1. The van der Waals surface area contributed by atoms with E-state index >= 15 is 0 Å². The summed E-state index contributed by atoms with van der Waals surface area (Å²) in [7, 11) is 0. The molecule has 1 saturated carbocycles. The van der Waals surface area contributed by atoms with Gasteiger partial charge in [-0.3, -0.25) is 5.10 Å². The molecule has 0 bridgehead atoms. The van der Waals surface area contributed by atoms with Gasteiger partial charge in [0.15, 0.2) is 0 Å². The van der Waals surface area contributed by atoms with Crippen molar-refractivity contribution in [3.8, 4) is 17.3 Å². The molecular weight excluding hydrogens is 246 g/mol. The maximum Gasteiger partial charge on any atom is 0.0991 e. The van der Waals surface area contributed by atoms with Crippen molar-refractivity contribution in [1.82, 2.24) is 10.2 Å². The van der Waals surface area contributed by atoms with Crippen LogP contribution >= 0.6 is 0 Å². The molecule has 1 aromatic carbocycles. The monoisotopic (exact) mass is 265 g/mol. The maximum atomic E-state index is 8.82. The van der Waals surface area contributed by atoms with Gasteiger partial charge in [0.2, 0.25) is 0 Å². The number of benzene rings is 1. The zero-order valence-corrected chi connectivity index (χ0v) is 11.8. The summed E-state index contributed by atoms with van der Waals surface area (Å²) < 4.78 is 0. The van der Waals surface area contributed by atoms with Crippen molar-refractivity contribution >= 4 is 0 Å². The van der Waals surface area contributed by atoms with Gasteiger partial charge in [0.05, 0.1) is 17.3 Å². The van der Waals surface area contributed by atoms with E-state index in [4.69, 9.17) is 5.26 Å². The molecule has 3 heteroatoms. The molecule has 1 aromatic heterocycles. The summed E-state index contributed by atoms with van der Waals surface area (Å²) >= 11 is 0. The van der Waals surface area contributed by atoms with Crippen LogP contribution in [0.4, 0.5) is 0 Å². The Hall–Kier alpha value is -2.08. The van der Waals surface area contributed by atoms with Crippen molar-refractivity contribution in [3.05, 3.63) is 41.6 Å². The average Bonchev–Trinajstić information content (AvgIpc) is 2.98. The summed E-state index contributed by atoms with van der Waals surface area (Å²) in [6.07, 6.45) is 5.15. The van der Waals surface area contributed by atoms with Gasteiger partial charge in [-0.1, -0.05) is 31.9 Å². The van der Waals surface area contributed by atoms with Crippen molar-refractivity contribution in [2.45, 2.75) is 38.5 Å². The standard InChI is InChI=1S/C17H19N3/c1-12-2-6-14(7-3-12)16-10-17(20-19-16)15-8-4-13(11-18)5-9-15/h4-5,8-10,12,14H,2-3,6-7H2,1H3,(H,19,20). The third-order valence-corrected chi connectivity index (χ3v) is 4.36. The van der Waals surface area contributed by atoms with Gasteiger partial charge in [0.1, 0.15) is 0 Å². The van der Waals surface area contributed by atoms with Gasteiger partial charge < -0.3 is 0 Å². The van der Waals surface area contributed by atoms with Gasteiger partial charge in [0, 0.05) is 17.2 Å². The van der Waals surface area contributed by atoms with Crippen molar-refractivity contribution in [1.29, 1.82) is 5.26 Å². The number of hydrogen-bond acceptors (Lipinski definition) is 2. The molecule has 102 valence electrons. The molecule has 2 aromatic rings. The molecule has 1 fully saturated rings. The van der Waals surface area contributed by atoms with Crippen LogP contribution in [0.3, 0.4) is 0 Å². The Morgan fingerprint density at radius 3 is 2.50 bits per heavy atom. The number of rotatable bonds is 2. The lowest BCUT2D eigenvalue weighted by Crippen LogP contribution is -2.10. The molecule has 3 nitrogen and oxygen atoms in total. The van der Waals surface area contributed by atoms with Crippen molar-refractivity contribution in [3.63, 3.8) is 0 Å². The predicted molar refractivity (Wildman–Crippen MR) is 79.1 cm³/mol. The van der Waals surface area contributed by atoms with Gasteiger partial charge >= 0.3 is 0 Å². The minimum Gasteiger partial charge on any atom is -0.282 e. The highest BCUT2D eigenvalue weighted by Crippen LogP contribution is 2.35. The fraction of sp³-hybridized carbons (Fsp3) is 0.412. The summed E-state index contributed by atoms with van der Waals surface area (Å²) in [6.45, 7) is 2.34. The van der Waals surface area contributed by atoms with Gasteiger partial charge in [0.25, 0.3) is 0 Å². The fourth-order valence-corrected chi connectivity index (χ4v) is 2.98. The first kappa shape index (κ1) is 12.9. The summed E-state index contributed by atoms with van der Waals surface area (Å²) in [5.74, 6) is 1.50. The third-order valence-electron chi connectivity index (χ3n) is 4.36. The first-order valence-electron chi connectivity index (χ1n) is 7.32. The second-order valence-corrected chi connectivity index (χ2v) is 5.85. The minimum atomic E-state index is 0.630. The fourth-order valence-electron chi connectivity index (χ4n) is 2.98. The molecule has 0 unspecified atom stereocenters. The summed E-state index contributed by atoms with van der Waals surface area (Å²) in [4.78, 5) is 0. The minimum absolute atomic E-state index is 0.630. The highest BCUT2D eigenvalue weighted by molar-refractivity contribution is 5.60. The van der Waals surface area contributed by atoms with E-state index in [1.165, 1.54) is 31.4 Å². The van der Waals surface area contributed by atoms with E-state index in [-0.39, 0.29) is 0 Å². The molecule has 0 spiro atoms. The SMILES string of the molecule is CC1CCC(c2cc(-c3ccc(C#N)cc3)n[nH]2)CC1. The normalized spacial score (nSPS) is 22.4. The highest BCUT2D eigenvalue weighted by Gasteiger charge is 2.21. The summed E-state index contributed by atoms with van der Waals surface area (Å²) in [5.41, 5.74) is 3.99. The van der Waals surface area contributed by atoms with Crippen LogP contribution in [0.25, 0.3) is 11.3 Å². The molecule has 0 saturated heterocycles. The van der Waals surface area contributed by atoms with Crippen LogP contribution in [0.1, 0.15) is 49.8 Å². The molecule has 1 aliphatic rings. The van der Waals surface area contributed by atoms with Gasteiger partial charge in [-0.25, -0.2) is 0 Å². The predicted octanol–water partition coefficient (Wildman–Crippen LogP) is 4.24. The molecule has 0 radical (unpaired) electrons. The smallest absolute Gasteiger partial charge is 0.0991 e. The van der Waals surface area contributed by atoms with Crippen LogP contribution in [0.2, 0.25) is 0 Å². The van der Waals surface area contributed by atoms with E-state index < -0.39 is 0 Å². The molecule has 20 heavy (non-hydrogen) atoms. The Kier molecular flexibility index (Phi) is 3.56. The second-order valence-electron chi connectivity index (χ2n) is 5.85. The Balaban J connectivity index is 1.77. The molecule has 0 amide bonds. The first-order valence-corrected chi connectivity index (χ1v) is 7.32. The zero-order valence-electron chi connectivity index (χ0n) is 11.8. The number of nitriles is 1. The number of hydrogen-bond donors (Lipinski definition) is 1. The van der Waals surface area contributed by atoms with E-state index in [1.54, 1.807) is 0 Å². The van der Waals surface area contributed by atoms with Crippen LogP contribution in [0.15, 0.2) is 30.3 Å². The van der Waals surface area contributed by atoms with Crippen LogP contribution in [-0.2, 0) is 0 Å². The summed E-state index contributed by atoms with van der Waals surface area (Å²) in [5, 5.41) is 16.5. The van der Waals surface area contributed by atoms with Crippen molar-refractivity contribution in [2.24, 2.45) is 5.92 Å². The highest BCUT2D eigenvalue weighted by atomic mass is 15.1. The summed E-state index contributed by atoms with van der Waals surface area (Å²) in [6, 6.07) is 11.9. The van der Waals surface area contributed by atoms with Crippen molar-refractivity contribution < 1.29 is 0 Å². The third kappa shape index (κ3) is 2.60. The van der Waals surface area contributed by atoms with E-state index in [0.717, 1.165) is 17.2 Å². The molecular formula is C17H19N3. The van der Waals surface area contributed by atoms with E-state index in [1.807, 2.05) is 24.3 Å². The number of nitrogens with one attached hydrogen (secondary N) is 1. The van der Waals surface area contributed by atoms with Gasteiger partial charge in [-0.05, 0) is 37.0 Å². The Morgan fingerprint density at radius 2 is 1.85 bits per heavy atom. The van der Waals surface area contributed by atoms with Gasteiger partial charge in [-0.15, -0.1) is 0 Å². The number of aromatic nitrogens is 2. The lowest BCUT2D eigenvalue weighted by Gasteiger charge is -2.24. The van der Waals surface area contributed by atoms with Crippen LogP contribution in [-0.4, -0.2) is 10.2 Å². The molecule has 1 aliphatic carbocycles. The quantitative estimate of drug-likeness (QED) is 0.882. The van der Waals surface area contributed by atoms with E-state index in [2.05, 4.69) is 29.3 Å². The maximum absolute atomic E-state index is 8.82. The zero-order chi connectivity index (χ0) is 13.9. The first-order chi connectivity index (χ1) is 9.76. The van der Waals surface area contributed by atoms with Crippen LogP contribution in [0.5, 0.6) is 0 Å².